The Bertz CT molecular complexity index is 1430. The van der Waals surface area contributed by atoms with Gasteiger partial charge in [-0.2, -0.15) is 0 Å². The molecule has 2 aromatic heterocycles. The smallest absolute Gasteiger partial charge is 0.216 e. The summed E-state index contributed by atoms with van der Waals surface area (Å²) in [6.07, 6.45) is 6.68. The van der Waals surface area contributed by atoms with Gasteiger partial charge in [0.25, 0.3) is 0 Å². The first-order valence-electron chi connectivity index (χ1n) is 11.6. The highest BCUT2D eigenvalue weighted by Gasteiger charge is 2.43. The molecule has 0 radical (unpaired) electrons. The van der Waals surface area contributed by atoms with Crippen LogP contribution in [0.5, 0.6) is 0 Å². The van der Waals surface area contributed by atoms with E-state index in [2.05, 4.69) is 58.3 Å². The average molecular weight is 448 g/mol. The van der Waals surface area contributed by atoms with Crippen molar-refractivity contribution in [2.24, 2.45) is 0 Å². The molecular weight excluding hydrogens is 418 g/mol. The fourth-order valence-electron chi connectivity index (χ4n) is 5.88. The topological polar surface area (TPSA) is 58.1 Å². The summed E-state index contributed by atoms with van der Waals surface area (Å²) in [7, 11) is -3.33. The highest BCUT2D eigenvalue weighted by atomic mass is 32.2. The molecule has 0 amide bonds. The van der Waals surface area contributed by atoms with Crippen molar-refractivity contribution in [1.29, 1.82) is 0 Å². The van der Waals surface area contributed by atoms with E-state index < -0.39 is 15.3 Å². The fourth-order valence-corrected chi connectivity index (χ4v) is 7.22. The Kier molecular flexibility index (Phi) is 4.53. The number of para-hydroxylation sites is 2. The van der Waals surface area contributed by atoms with Crippen LogP contribution >= 0.6 is 0 Å². The summed E-state index contributed by atoms with van der Waals surface area (Å²) in [5.74, 6) is 0.239. The van der Waals surface area contributed by atoms with E-state index in [0.717, 1.165) is 24.9 Å². The number of nitrogens with zero attached hydrogens (tertiary/aromatic N) is 2. The van der Waals surface area contributed by atoms with Crippen molar-refractivity contribution < 1.29 is 8.42 Å². The van der Waals surface area contributed by atoms with Gasteiger partial charge in [0.1, 0.15) is 0 Å². The first-order valence-corrected chi connectivity index (χ1v) is 13.1. The van der Waals surface area contributed by atoms with E-state index in [1.54, 1.807) is 18.2 Å². The molecule has 0 saturated carbocycles. The number of aromatic nitrogens is 2. The quantitative estimate of drug-likeness (QED) is 0.479. The molecule has 5 nitrogen and oxygen atoms in total. The van der Waals surface area contributed by atoms with Gasteiger partial charge in [0, 0.05) is 60.2 Å². The Morgan fingerprint density at radius 1 is 0.969 bits per heavy atom. The molecule has 4 aromatic rings. The summed E-state index contributed by atoms with van der Waals surface area (Å²) >= 11 is 0. The zero-order valence-electron chi connectivity index (χ0n) is 18.6. The molecular formula is C26H29N3O2S. The monoisotopic (exact) mass is 447 g/mol. The van der Waals surface area contributed by atoms with Crippen LogP contribution in [0.15, 0.2) is 54.9 Å². The van der Waals surface area contributed by atoms with Crippen LogP contribution in [0.2, 0.25) is 0 Å². The van der Waals surface area contributed by atoms with E-state index in [1.165, 1.54) is 33.0 Å². The van der Waals surface area contributed by atoms with E-state index in [4.69, 9.17) is 0 Å². The van der Waals surface area contributed by atoms with Crippen LogP contribution in [0.25, 0.3) is 21.8 Å². The first kappa shape index (κ1) is 20.1. The molecule has 1 fully saturated rings. The van der Waals surface area contributed by atoms with E-state index in [0.29, 0.717) is 13.1 Å². The van der Waals surface area contributed by atoms with Crippen molar-refractivity contribution in [3.8, 4) is 0 Å². The molecule has 0 bridgehead atoms. The standard InChI is InChI=1S/C26H29N3O2S/c1-17(2)32(30,31)29-15-23(21-13-27-25-11-4-3-9-19(21)25)24(16-29)22-14-28-12-6-8-18-7-5-10-20(22)26(18)28/h3-5,7,9-11,13-14,17,23-24,27H,6,8,12,15-16H2,1-2H3/t23?,24-/m0/s1. The summed E-state index contributed by atoms with van der Waals surface area (Å²) in [5.41, 5.74) is 6.37. The van der Waals surface area contributed by atoms with Crippen LogP contribution in [0.3, 0.4) is 0 Å². The predicted octanol–water partition coefficient (Wildman–Crippen LogP) is 4.99. The van der Waals surface area contributed by atoms with Gasteiger partial charge in [0.05, 0.1) is 10.8 Å². The second kappa shape index (κ2) is 7.22. The molecule has 4 heterocycles. The third kappa shape index (κ3) is 2.89. The van der Waals surface area contributed by atoms with Gasteiger partial charge in [-0.1, -0.05) is 36.4 Å². The van der Waals surface area contributed by atoms with Gasteiger partial charge in [-0.25, -0.2) is 12.7 Å². The van der Waals surface area contributed by atoms with Gasteiger partial charge in [-0.05, 0) is 49.4 Å². The normalized spacial score (nSPS) is 21.8. The number of benzene rings is 2. The molecule has 2 aliphatic rings. The van der Waals surface area contributed by atoms with Crippen molar-refractivity contribution in [2.75, 3.05) is 13.1 Å². The first-order chi connectivity index (χ1) is 15.4. The zero-order valence-corrected chi connectivity index (χ0v) is 19.4. The number of sulfonamides is 1. The number of aryl methyl sites for hydroxylation is 2. The van der Waals surface area contributed by atoms with Crippen molar-refractivity contribution in [1.82, 2.24) is 13.9 Å². The number of H-pyrrole nitrogens is 1. The van der Waals surface area contributed by atoms with Crippen LogP contribution in [0.4, 0.5) is 0 Å². The Hall–Kier alpha value is -2.57. The van der Waals surface area contributed by atoms with Crippen molar-refractivity contribution in [2.45, 2.75) is 50.3 Å². The Labute approximate surface area is 189 Å². The summed E-state index contributed by atoms with van der Waals surface area (Å²) in [4.78, 5) is 3.41. The van der Waals surface area contributed by atoms with Crippen LogP contribution < -0.4 is 0 Å². The van der Waals surface area contributed by atoms with E-state index >= 15 is 0 Å². The van der Waals surface area contributed by atoms with E-state index in [1.807, 2.05) is 6.07 Å². The number of hydrogen-bond acceptors (Lipinski definition) is 2. The van der Waals surface area contributed by atoms with Gasteiger partial charge >= 0.3 is 0 Å². The van der Waals surface area contributed by atoms with Gasteiger partial charge in [-0.15, -0.1) is 0 Å². The Morgan fingerprint density at radius 2 is 1.72 bits per heavy atom. The number of fused-ring (bicyclic) bond motifs is 1. The summed E-state index contributed by atoms with van der Waals surface area (Å²) < 4.78 is 30.5. The molecule has 2 atom stereocenters. The van der Waals surface area contributed by atoms with Gasteiger partial charge in [0.2, 0.25) is 10.0 Å². The molecule has 1 N–H and O–H groups in total. The van der Waals surface area contributed by atoms with Crippen molar-refractivity contribution in [3.63, 3.8) is 0 Å². The summed E-state index contributed by atoms with van der Waals surface area (Å²) in [5, 5.41) is 2.07. The third-order valence-corrected chi connectivity index (χ3v) is 9.73. The molecule has 2 aromatic carbocycles. The molecule has 2 aliphatic heterocycles. The van der Waals surface area contributed by atoms with Crippen LogP contribution in [0, 0.1) is 0 Å². The maximum absolute atomic E-state index is 13.2. The Morgan fingerprint density at radius 3 is 2.53 bits per heavy atom. The number of aromatic amines is 1. The van der Waals surface area contributed by atoms with E-state index in [9.17, 15) is 8.42 Å². The molecule has 0 aliphatic carbocycles. The van der Waals surface area contributed by atoms with Crippen LogP contribution in [-0.2, 0) is 23.0 Å². The largest absolute Gasteiger partial charge is 0.361 e. The predicted molar refractivity (Wildman–Crippen MR) is 130 cm³/mol. The van der Waals surface area contributed by atoms with Gasteiger partial charge in [-0.3, -0.25) is 0 Å². The minimum absolute atomic E-state index is 0.114. The highest BCUT2D eigenvalue weighted by molar-refractivity contribution is 7.89. The second-order valence-corrected chi connectivity index (χ2v) is 12.1. The Balaban J connectivity index is 1.53. The van der Waals surface area contributed by atoms with E-state index in [-0.39, 0.29) is 11.8 Å². The second-order valence-electron chi connectivity index (χ2n) is 9.61. The maximum atomic E-state index is 13.2. The summed E-state index contributed by atoms with van der Waals surface area (Å²) in [6, 6.07) is 15.0. The third-order valence-electron chi connectivity index (χ3n) is 7.52. The lowest BCUT2D eigenvalue weighted by molar-refractivity contribution is 0.463. The molecule has 6 heteroatoms. The summed E-state index contributed by atoms with van der Waals surface area (Å²) in [6.45, 7) is 5.66. The maximum Gasteiger partial charge on any atom is 0.216 e. The average Bonchev–Trinajstić information content (AvgIpc) is 3.50. The molecule has 166 valence electrons. The van der Waals surface area contributed by atoms with Crippen LogP contribution in [0.1, 0.15) is 48.8 Å². The number of hydrogen-bond donors (Lipinski definition) is 1. The number of nitrogens with one attached hydrogen (secondary N) is 1. The molecule has 0 spiro atoms. The lowest BCUT2D eigenvalue weighted by atomic mass is 9.83. The SMILES string of the molecule is CC(C)S(=O)(=O)N1CC(c2c[nH]c3ccccc23)[C@H](c2cn3c4c(cccc24)CCC3)C1. The number of rotatable bonds is 4. The van der Waals surface area contributed by atoms with Gasteiger partial charge in [0.15, 0.2) is 0 Å². The van der Waals surface area contributed by atoms with Crippen molar-refractivity contribution >= 4 is 31.8 Å². The van der Waals surface area contributed by atoms with Crippen molar-refractivity contribution in [3.05, 3.63) is 71.5 Å². The van der Waals surface area contributed by atoms with Crippen LogP contribution in [-0.4, -0.2) is 40.6 Å². The molecule has 1 unspecified atom stereocenters. The zero-order chi connectivity index (χ0) is 22.0. The molecule has 1 saturated heterocycles. The molecule has 6 rings (SSSR count). The lowest BCUT2D eigenvalue weighted by Gasteiger charge is -2.19. The fraction of sp³-hybridized carbons (Fsp3) is 0.385. The minimum Gasteiger partial charge on any atom is -0.361 e. The van der Waals surface area contributed by atoms with Gasteiger partial charge < -0.3 is 9.55 Å². The highest BCUT2D eigenvalue weighted by Crippen LogP contribution is 2.46. The molecule has 32 heavy (non-hydrogen) atoms. The minimum atomic E-state index is -3.33. The lowest BCUT2D eigenvalue weighted by Crippen LogP contribution is -2.34.